The van der Waals surface area contributed by atoms with Crippen LogP contribution in [0.4, 0.5) is 0 Å². The van der Waals surface area contributed by atoms with Gasteiger partial charge >= 0.3 is 0 Å². The molecule has 0 aromatic rings. The Morgan fingerprint density at radius 2 is 1.67 bits per heavy atom. The van der Waals surface area contributed by atoms with Crippen LogP contribution in [0.25, 0.3) is 0 Å². The van der Waals surface area contributed by atoms with Crippen LogP contribution in [0.15, 0.2) is 0 Å². The molecular formula is C5H12BrNO2. The number of hydrogen-bond donors (Lipinski definition) is 1. The zero-order valence-electron chi connectivity index (χ0n) is 5.14. The van der Waals surface area contributed by atoms with Crippen molar-refractivity contribution in [3.63, 3.8) is 0 Å². The molecule has 0 amide bonds. The SMILES string of the molecule is Br.O.O=C1CCNCC1. The molecule has 1 heterocycles. The maximum atomic E-state index is 10.4. The number of rotatable bonds is 0. The number of hydrogen-bond acceptors (Lipinski definition) is 2. The molecule has 1 rings (SSSR count). The molecule has 1 aliphatic heterocycles. The average Bonchev–Trinajstić information content (AvgIpc) is 1.69. The number of halogens is 1. The number of ketones is 1. The molecule has 4 heteroatoms. The van der Waals surface area contributed by atoms with E-state index in [1.807, 2.05) is 0 Å². The molecule has 0 radical (unpaired) electrons. The van der Waals surface area contributed by atoms with Gasteiger partial charge in [0.05, 0.1) is 0 Å². The van der Waals surface area contributed by atoms with Crippen molar-refractivity contribution in [2.24, 2.45) is 0 Å². The summed E-state index contributed by atoms with van der Waals surface area (Å²) in [5, 5.41) is 3.09. The summed E-state index contributed by atoms with van der Waals surface area (Å²) in [6.07, 6.45) is 1.47. The maximum Gasteiger partial charge on any atom is 0.135 e. The Labute approximate surface area is 64.9 Å². The van der Waals surface area contributed by atoms with Gasteiger partial charge in [-0.15, -0.1) is 17.0 Å². The predicted molar refractivity (Wildman–Crippen MR) is 41.0 cm³/mol. The standard InChI is InChI=1S/C5H9NO.BrH.H2O/c7-5-1-3-6-4-2-5;;/h6H,1-4H2;1H;1H2. The fourth-order valence-electron chi connectivity index (χ4n) is 0.706. The second kappa shape index (κ2) is 6.19. The third-order valence-electron chi connectivity index (χ3n) is 1.16. The second-order valence-corrected chi connectivity index (χ2v) is 1.79. The van der Waals surface area contributed by atoms with Crippen molar-refractivity contribution in [1.82, 2.24) is 5.32 Å². The van der Waals surface area contributed by atoms with Gasteiger partial charge in [0.2, 0.25) is 0 Å². The Morgan fingerprint density at radius 1 is 1.22 bits per heavy atom. The minimum absolute atomic E-state index is 0. The van der Waals surface area contributed by atoms with E-state index in [1.54, 1.807) is 0 Å². The van der Waals surface area contributed by atoms with E-state index in [2.05, 4.69) is 5.32 Å². The highest BCUT2D eigenvalue weighted by atomic mass is 79.9. The van der Waals surface area contributed by atoms with Crippen molar-refractivity contribution in [1.29, 1.82) is 0 Å². The van der Waals surface area contributed by atoms with Crippen LogP contribution in [0.3, 0.4) is 0 Å². The van der Waals surface area contributed by atoms with Crippen molar-refractivity contribution >= 4 is 22.8 Å². The maximum absolute atomic E-state index is 10.4. The Balaban J connectivity index is 0. The minimum atomic E-state index is 0. The molecule has 0 aromatic carbocycles. The third-order valence-corrected chi connectivity index (χ3v) is 1.16. The number of piperidine rings is 1. The zero-order valence-corrected chi connectivity index (χ0v) is 6.86. The Morgan fingerprint density at radius 3 is 1.89 bits per heavy atom. The molecule has 0 spiro atoms. The summed E-state index contributed by atoms with van der Waals surface area (Å²) in [7, 11) is 0. The Bertz CT molecular complexity index is 79.0. The van der Waals surface area contributed by atoms with Crippen LogP contribution < -0.4 is 5.32 Å². The molecule has 0 aliphatic carbocycles. The summed E-state index contributed by atoms with van der Waals surface area (Å²) in [6, 6.07) is 0. The summed E-state index contributed by atoms with van der Waals surface area (Å²) < 4.78 is 0. The normalized spacial score (nSPS) is 17.6. The van der Waals surface area contributed by atoms with Crippen molar-refractivity contribution in [3.05, 3.63) is 0 Å². The van der Waals surface area contributed by atoms with Crippen molar-refractivity contribution in [2.75, 3.05) is 13.1 Å². The molecule has 1 aliphatic rings. The smallest absolute Gasteiger partial charge is 0.135 e. The lowest BCUT2D eigenvalue weighted by molar-refractivity contribution is -0.119. The summed E-state index contributed by atoms with van der Waals surface area (Å²) >= 11 is 0. The lowest BCUT2D eigenvalue weighted by atomic mass is 10.1. The minimum Gasteiger partial charge on any atom is -0.412 e. The first kappa shape index (κ1) is 11.8. The van der Waals surface area contributed by atoms with Gasteiger partial charge in [-0.2, -0.15) is 0 Å². The van der Waals surface area contributed by atoms with Gasteiger partial charge in [0.25, 0.3) is 0 Å². The lowest BCUT2D eigenvalue weighted by Gasteiger charge is -2.08. The van der Waals surface area contributed by atoms with Crippen LogP contribution in [0.2, 0.25) is 0 Å². The van der Waals surface area contributed by atoms with Crippen LogP contribution in [0.1, 0.15) is 12.8 Å². The highest BCUT2D eigenvalue weighted by Crippen LogP contribution is 1.91. The van der Waals surface area contributed by atoms with E-state index in [-0.39, 0.29) is 22.5 Å². The molecule has 0 saturated carbocycles. The fraction of sp³-hybridized carbons (Fsp3) is 0.800. The number of carbonyl (C=O) groups excluding carboxylic acids is 1. The molecular weight excluding hydrogens is 186 g/mol. The van der Waals surface area contributed by atoms with Gasteiger partial charge in [-0.3, -0.25) is 4.79 Å². The highest BCUT2D eigenvalue weighted by molar-refractivity contribution is 8.93. The Hall–Kier alpha value is 0.0700. The molecule has 56 valence electrons. The first-order valence-electron chi connectivity index (χ1n) is 2.62. The van der Waals surface area contributed by atoms with E-state index < -0.39 is 0 Å². The largest absolute Gasteiger partial charge is 0.412 e. The van der Waals surface area contributed by atoms with Gasteiger partial charge < -0.3 is 10.8 Å². The molecule has 1 saturated heterocycles. The summed E-state index contributed by atoms with van der Waals surface area (Å²) in [5.74, 6) is 0.402. The second-order valence-electron chi connectivity index (χ2n) is 1.79. The van der Waals surface area contributed by atoms with E-state index in [0.717, 1.165) is 25.9 Å². The van der Waals surface area contributed by atoms with Gasteiger partial charge in [-0.1, -0.05) is 0 Å². The third kappa shape index (κ3) is 4.57. The molecule has 0 bridgehead atoms. The van der Waals surface area contributed by atoms with Crippen molar-refractivity contribution in [2.45, 2.75) is 12.8 Å². The van der Waals surface area contributed by atoms with Gasteiger partial charge in [0.1, 0.15) is 5.78 Å². The molecule has 0 atom stereocenters. The number of Topliss-reactive ketones (excluding diaryl/α,β-unsaturated/α-hetero) is 1. The molecule has 1 fully saturated rings. The summed E-state index contributed by atoms with van der Waals surface area (Å²) in [6.45, 7) is 1.78. The van der Waals surface area contributed by atoms with E-state index >= 15 is 0 Å². The van der Waals surface area contributed by atoms with Crippen LogP contribution >= 0.6 is 17.0 Å². The topological polar surface area (TPSA) is 60.6 Å². The Kier molecular flexibility index (Phi) is 8.13. The first-order chi connectivity index (χ1) is 3.39. The molecule has 0 unspecified atom stereocenters. The van der Waals surface area contributed by atoms with Gasteiger partial charge in [-0.25, -0.2) is 0 Å². The van der Waals surface area contributed by atoms with Crippen molar-refractivity contribution in [3.8, 4) is 0 Å². The van der Waals surface area contributed by atoms with E-state index in [4.69, 9.17) is 0 Å². The van der Waals surface area contributed by atoms with Crippen molar-refractivity contribution < 1.29 is 10.3 Å². The van der Waals surface area contributed by atoms with Gasteiger partial charge in [0.15, 0.2) is 0 Å². The van der Waals surface area contributed by atoms with Gasteiger partial charge in [0, 0.05) is 25.9 Å². The summed E-state index contributed by atoms with van der Waals surface area (Å²) in [5.41, 5.74) is 0. The predicted octanol–water partition coefficient (Wildman–Crippen LogP) is -0.308. The molecule has 3 N–H and O–H groups in total. The van der Waals surface area contributed by atoms with E-state index in [0.29, 0.717) is 5.78 Å². The van der Waals surface area contributed by atoms with Crippen LogP contribution in [0.5, 0.6) is 0 Å². The number of nitrogens with one attached hydrogen (secondary N) is 1. The lowest BCUT2D eigenvalue weighted by Crippen LogP contribution is -2.27. The van der Waals surface area contributed by atoms with E-state index in [1.165, 1.54) is 0 Å². The number of carbonyl (C=O) groups is 1. The monoisotopic (exact) mass is 197 g/mol. The zero-order chi connectivity index (χ0) is 5.11. The first-order valence-corrected chi connectivity index (χ1v) is 2.62. The van der Waals surface area contributed by atoms with Crippen LogP contribution in [-0.2, 0) is 4.79 Å². The molecule has 3 nitrogen and oxygen atoms in total. The molecule has 0 aromatic heterocycles. The quantitative estimate of drug-likeness (QED) is 0.580. The fourth-order valence-corrected chi connectivity index (χ4v) is 0.706. The van der Waals surface area contributed by atoms with Crippen LogP contribution in [-0.4, -0.2) is 24.3 Å². The molecule has 9 heavy (non-hydrogen) atoms. The van der Waals surface area contributed by atoms with E-state index in [9.17, 15) is 4.79 Å². The van der Waals surface area contributed by atoms with Crippen LogP contribution in [0, 0.1) is 0 Å². The summed E-state index contributed by atoms with van der Waals surface area (Å²) in [4.78, 5) is 10.4. The average molecular weight is 198 g/mol. The highest BCUT2D eigenvalue weighted by Gasteiger charge is 2.04. The van der Waals surface area contributed by atoms with Gasteiger partial charge in [-0.05, 0) is 0 Å².